The van der Waals surface area contributed by atoms with Crippen molar-refractivity contribution in [1.29, 1.82) is 0 Å². The zero-order chi connectivity index (χ0) is 22.8. The van der Waals surface area contributed by atoms with E-state index in [1.807, 2.05) is 0 Å². The normalized spacial score (nSPS) is 11.1. The van der Waals surface area contributed by atoms with Gasteiger partial charge in [-0.15, -0.1) is 0 Å². The predicted octanol–water partition coefficient (Wildman–Crippen LogP) is 9.18. The zero-order valence-corrected chi connectivity index (χ0v) is 20.1. The van der Waals surface area contributed by atoms with Gasteiger partial charge in [0.15, 0.2) is 0 Å². The molecule has 0 unspecified atom stereocenters. The van der Waals surface area contributed by atoms with Crippen molar-refractivity contribution >= 4 is 17.1 Å². The number of nitrogens with zero attached hydrogens (tertiary/aromatic N) is 1. The fourth-order valence-corrected chi connectivity index (χ4v) is 4.42. The van der Waals surface area contributed by atoms with Gasteiger partial charge in [0.1, 0.15) is 0 Å². The second-order valence-corrected chi connectivity index (χ2v) is 9.24. The van der Waals surface area contributed by atoms with Crippen molar-refractivity contribution in [2.75, 3.05) is 4.90 Å². The molecule has 0 fully saturated rings. The molecule has 0 radical (unpaired) electrons. The van der Waals surface area contributed by atoms with Crippen molar-refractivity contribution in [3.63, 3.8) is 0 Å². The summed E-state index contributed by atoms with van der Waals surface area (Å²) in [6.07, 6.45) is 0. The molecule has 1 nitrogen and oxygen atoms in total. The van der Waals surface area contributed by atoms with E-state index < -0.39 is 0 Å². The summed E-state index contributed by atoms with van der Waals surface area (Å²) in [4.78, 5) is 2.34. The first-order valence-electron chi connectivity index (χ1n) is 11.5. The van der Waals surface area contributed by atoms with Gasteiger partial charge in [0.2, 0.25) is 0 Å². The molecule has 0 aliphatic rings. The van der Waals surface area contributed by atoms with Crippen LogP contribution in [0.4, 0.5) is 17.1 Å². The topological polar surface area (TPSA) is 3.24 Å². The Morgan fingerprint density at radius 2 is 1.06 bits per heavy atom. The van der Waals surface area contributed by atoms with Gasteiger partial charge in [0.25, 0.3) is 0 Å². The van der Waals surface area contributed by atoms with E-state index in [1.165, 1.54) is 56.0 Å². The monoisotopic (exact) mass is 419 g/mol. The molecule has 4 aromatic carbocycles. The lowest BCUT2D eigenvalue weighted by Gasteiger charge is -2.26. The molecule has 162 valence electrons. The molecule has 0 bridgehead atoms. The Bertz CT molecular complexity index is 1150. The first-order valence-corrected chi connectivity index (χ1v) is 11.5. The molecule has 0 saturated heterocycles. The molecule has 4 rings (SSSR count). The summed E-state index contributed by atoms with van der Waals surface area (Å²) < 4.78 is 0. The van der Waals surface area contributed by atoms with E-state index in [-0.39, 0.29) is 0 Å². The molecule has 0 amide bonds. The van der Waals surface area contributed by atoms with Gasteiger partial charge in [-0.3, -0.25) is 0 Å². The van der Waals surface area contributed by atoms with Gasteiger partial charge < -0.3 is 4.90 Å². The largest absolute Gasteiger partial charge is 0.310 e. The van der Waals surface area contributed by atoms with Gasteiger partial charge in [-0.25, -0.2) is 0 Å². The Hall–Kier alpha value is -3.32. The van der Waals surface area contributed by atoms with Crippen molar-refractivity contribution in [2.45, 2.75) is 47.5 Å². The van der Waals surface area contributed by atoms with Crippen LogP contribution < -0.4 is 4.90 Å². The lowest BCUT2D eigenvalue weighted by molar-refractivity contribution is 0.863. The molecule has 0 aliphatic carbocycles. The third-order valence-electron chi connectivity index (χ3n) is 6.20. The fraction of sp³-hybridized carbons (Fsp3) is 0.226. The van der Waals surface area contributed by atoms with E-state index in [4.69, 9.17) is 0 Å². The Kier molecular flexibility index (Phi) is 6.19. The fourth-order valence-electron chi connectivity index (χ4n) is 4.42. The minimum absolute atomic E-state index is 0.534. The van der Waals surface area contributed by atoms with Crippen molar-refractivity contribution in [3.05, 3.63) is 113 Å². The predicted molar refractivity (Wildman–Crippen MR) is 140 cm³/mol. The van der Waals surface area contributed by atoms with Crippen LogP contribution in [0.2, 0.25) is 0 Å². The minimum atomic E-state index is 0.534. The van der Waals surface area contributed by atoms with Crippen LogP contribution in [-0.4, -0.2) is 0 Å². The maximum Gasteiger partial charge on any atom is 0.0467 e. The molecule has 0 spiro atoms. The number of rotatable bonds is 5. The molecule has 0 aliphatic heterocycles. The average molecular weight is 420 g/mol. The Labute approximate surface area is 193 Å². The Morgan fingerprint density at radius 3 is 1.53 bits per heavy atom. The first-order chi connectivity index (χ1) is 15.3. The average Bonchev–Trinajstić information content (AvgIpc) is 2.76. The SMILES string of the molecule is Cc1ccc(N(c2ccc(C)cc2)c2cccc(-c3c(C)cc(C(C)C)cc3C)c2)cc1. The lowest BCUT2D eigenvalue weighted by atomic mass is 9.90. The summed E-state index contributed by atoms with van der Waals surface area (Å²) in [6.45, 7) is 13.3. The van der Waals surface area contributed by atoms with E-state index >= 15 is 0 Å². The van der Waals surface area contributed by atoms with E-state index in [2.05, 4.69) is 131 Å². The lowest BCUT2D eigenvalue weighted by Crippen LogP contribution is -2.10. The summed E-state index contributed by atoms with van der Waals surface area (Å²) in [5, 5.41) is 0. The highest BCUT2D eigenvalue weighted by Crippen LogP contribution is 2.38. The highest BCUT2D eigenvalue weighted by atomic mass is 15.1. The summed E-state index contributed by atoms with van der Waals surface area (Å²) in [6, 6.07) is 31.2. The van der Waals surface area contributed by atoms with Crippen molar-refractivity contribution in [2.24, 2.45) is 0 Å². The maximum atomic E-state index is 2.34. The van der Waals surface area contributed by atoms with Crippen LogP contribution in [0, 0.1) is 27.7 Å². The van der Waals surface area contributed by atoms with Gasteiger partial charge in [0.05, 0.1) is 0 Å². The summed E-state index contributed by atoms with van der Waals surface area (Å²) in [5.41, 5.74) is 12.7. The number of anilines is 3. The second-order valence-electron chi connectivity index (χ2n) is 9.24. The van der Waals surface area contributed by atoms with Crippen molar-refractivity contribution in [1.82, 2.24) is 0 Å². The van der Waals surface area contributed by atoms with Gasteiger partial charge in [-0.1, -0.05) is 73.5 Å². The van der Waals surface area contributed by atoms with Crippen molar-refractivity contribution in [3.8, 4) is 11.1 Å². The molecule has 0 N–H and O–H groups in total. The third kappa shape index (κ3) is 4.48. The Balaban J connectivity index is 1.85. The van der Waals surface area contributed by atoms with Crippen LogP contribution in [0.1, 0.15) is 47.6 Å². The third-order valence-corrected chi connectivity index (χ3v) is 6.20. The summed E-state index contributed by atoms with van der Waals surface area (Å²) >= 11 is 0. The van der Waals surface area contributed by atoms with Crippen LogP contribution in [0.25, 0.3) is 11.1 Å². The molecule has 0 heterocycles. The maximum absolute atomic E-state index is 2.34. The van der Waals surface area contributed by atoms with E-state index in [1.54, 1.807) is 0 Å². The molecule has 0 aromatic heterocycles. The summed E-state index contributed by atoms with van der Waals surface area (Å²) in [7, 11) is 0. The Morgan fingerprint density at radius 1 is 0.562 bits per heavy atom. The molecule has 0 atom stereocenters. The number of aryl methyl sites for hydroxylation is 4. The van der Waals surface area contributed by atoms with E-state index in [0.717, 1.165) is 0 Å². The van der Waals surface area contributed by atoms with Crippen LogP contribution in [0.5, 0.6) is 0 Å². The number of benzene rings is 4. The number of hydrogen-bond donors (Lipinski definition) is 0. The van der Waals surface area contributed by atoms with Gasteiger partial charge >= 0.3 is 0 Å². The standard InChI is InChI=1S/C31H33N/c1-21(2)27-18-24(5)31(25(6)19-27)26-8-7-9-30(20-26)32(28-14-10-22(3)11-15-28)29-16-12-23(4)13-17-29/h7-21H,1-6H3. The van der Waals surface area contributed by atoms with Gasteiger partial charge in [-0.2, -0.15) is 0 Å². The van der Waals surface area contributed by atoms with Gasteiger partial charge in [-0.05, 0) is 97.8 Å². The minimum Gasteiger partial charge on any atom is -0.310 e. The highest BCUT2D eigenvalue weighted by molar-refractivity contribution is 5.81. The molecule has 0 saturated carbocycles. The zero-order valence-electron chi connectivity index (χ0n) is 20.1. The van der Waals surface area contributed by atoms with Crippen LogP contribution in [0.15, 0.2) is 84.9 Å². The number of hydrogen-bond acceptors (Lipinski definition) is 1. The quantitative estimate of drug-likeness (QED) is 0.311. The van der Waals surface area contributed by atoms with Crippen molar-refractivity contribution < 1.29 is 0 Å². The van der Waals surface area contributed by atoms with Crippen LogP contribution in [0.3, 0.4) is 0 Å². The highest BCUT2D eigenvalue weighted by Gasteiger charge is 2.15. The van der Waals surface area contributed by atoms with Crippen LogP contribution >= 0.6 is 0 Å². The molecule has 1 heteroatoms. The molecular formula is C31H33N. The second kappa shape index (κ2) is 9.04. The summed E-state index contributed by atoms with van der Waals surface area (Å²) in [5.74, 6) is 0.534. The molecule has 4 aromatic rings. The van der Waals surface area contributed by atoms with Gasteiger partial charge in [0, 0.05) is 17.1 Å². The van der Waals surface area contributed by atoms with E-state index in [9.17, 15) is 0 Å². The van der Waals surface area contributed by atoms with Crippen LogP contribution in [-0.2, 0) is 0 Å². The smallest absolute Gasteiger partial charge is 0.0467 e. The molecular weight excluding hydrogens is 386 g/mol. The molecule has 32 heavy (non-hydrogen) atoms. The van der Waals surface area contributed by atoms with E-state index in [0.29, 0.717) is 5.92 Å². The first kappa shape index (κ1) is 21.9.